The third-order valence-corrected chi connectivity index (χ3v) is 6.81. The van der Waals surface area contributed by atoms with E-state index in [0.29, 0.717) is 25.7 Å². The Bertz CT molecular complexity index is 1070. The second-order valence-electron chi connectivity index (χ2n) is 10.5. The number of benzene rings is 2. The lowest BCUT2D eigenvalue weighted by Crippen LogP contribution is -2.47. The third kappa shape index (κ3) is 11.6. The summed E-state index contributed by atoms with van der Waals surface area (Å²) < 4.78 is 5.67. The lowest BCUT2D eigenvalue weighted by atomic mass is 9.96. The molecule has 2 aromatic carbocycles. The molecule has 0 saturated heterocycles. The predicted molar refractivity (Wildman–Crippen MR) is 158 cm³/mol. The van der Waals surface area contributed by atoms with E-state index >= 15 is 0 Å². The van der Waals surface area contributed by atoms with Gasteiger partial charge in [-0.1, -0.05) is 86.7 Å². The van der Waals surface area contributed by atoms with Gasteiger partial charge in [0.2, 0.25) is 11.8 Å². The lowest BCUT2D eigenvalue weighted by molar-refractivity contribution is -0.150. The first-order valence-electron chi connectivity index (χ1n) is 13.9. The summed E-state index contributed by atoms with van der Waals surface area (Å²) in [6.45, 7) is 11.2. The van der Waals surface area contributed by atoms with Crippen molar-refractivity contribution in [3.05, 3.63) is 97.1 Å². The number of rotatable bonds is 18. The Kier molecular flexibility index (Phi) is 14.5. The Hall–Kier alpha value is -3.71. The van der Waals surface area contributed by atoms with Crippen LogP contribution in [0.25, 0.3) is 0 Å². The van der Waals surface area contributed by atoms with E-state index in [4.69, 9.17) is 4.74 Å². The van der Waals surface area contributed by atoms with Crippen molar-refractivity contribution in [2.24, 2.45) is 17.8 Å². The van der Waals surface area contributed by atoms with Gasteiger partial charge < -0.3 is 20.5 Å². The van der Waals surface area contributed by atoms with Gasteiger partial charge in [0.15, 0.2) is 0 Å². The smallest absolute Gasteiger partial charge is 0.309 e. The number of ether oxygens (including phenoxy) is 1. The zero-order valence-corrected chi connectivity index (χ0v) is 23.8. The zero-order chi connectivity index (χ0) is 29.3. The van der Waals surface area contributed by atoms with Gasteiger partial charge in [-0.15, -0.1) is 13.2 Å². The van der Waals surface area contributed by atoms with Crippen molar-refractivity contribution in [3.63, 3.8) is 0 Å². The van der Waals surface area contributed by atoms with E-state index < -0.39 is 18.0 Å². The molecule has 0 fully saturated rings. The summed E-state index contributed by atoms with van der Waals surface area (Å²) in [5.41, 5.74) is 2.04. The molecule has 0 radical (unpaired) electrons. The van der Waals surface area contributed by atoms with E-state index in [2.05, 4.69) is 23.8 Å². The summed E-state index contributed by atoms with van der Waals surface area (Å²) in [4.78, 5) is 38.9. The SMILES string of the molecule is C=CCC(CC(=O)NC(CO)Cc1ccccc1)C(=O)NC(COC(=O)C(CC=C)Cc1ccccc1)C(C)C. The predicted octanol–water partition coefficient (Wildman–Crippen LogP) is 4.41. The number of esters is 1. The van der Waals surface area contributed by atoms with Crippen LogP contribution in [0.1, 0.15) is 44.2 Å². The highest BCUT2D eigenvalue weighted by Gasteiger charge is 2.27. The fourth-order valence-electron chi connectivity index (χ4n) is 4.41. The topological polar surface area (TPSA) is 105 Å². The maximum absolute atomic E-state index is 13.2. The van der Waals surface area contributed by atoms with E-state index in [0.717, 1.165) is 11.1 Å². The first-order chi connectivity index (χ1) is 19.3. The van der Waals surface area contributed by atoms with Crippen LogP contribution in [0.2, 0.25) is 0 Å². The van der Waals surface area contributed by atoms with Crippen LogP contribution in [-0.4, -0.2) is 48.2 Å². The molecule has 2 amide bonds. The van der Waals surface area contributed by atoms with Crippen LogP contribution in [0.5, 0.6) is 0 Å². The van der Waals surface area contributed by atoms with Gasteiger partial charge in [-0.3, -0.25) is 14.4 Å². The Labute approximate surface area is 238 Å². The molecule has 4 atom stereocenters. The Morgan fingerprint density at radius 3 is 1.93 bits per heavy atom. The number of allylic oxidation sites excluding steroid dienone is 2. The normalized spacial score (nSPS) is 13.9. The van der Waals surface area contributed by atoms with Gasteiger partial charge in [0, 0.05) is 6.42 Å². The van der Waals surface area contributed by atoms with E-state index in [1.165, 1.54) is 0 Å². The maximum atomic E-state index is 13.2. The van der Waals surface area contributed by atoms with Crippen molar-refractivity contribution in [1.82, 2.24) is 10.6 Å². The molecule has 0 heterocycles. The van der Waals surface area contributed by atoms with Crippen molar-refractivity contribution in [1.29, 1.82) is 0 Å². The summed E-state index contributed by atoms with van der Waals surface area (Å²) in [6, 6.07) is 18.5. The number of hydrogen-bond donors (Lipinski definition) is 3. The van der Waals surface area contributed by atoms with E-state index in [-0.39, 0.29) is 49.3 Å². The lowest BCUT2D eigenvalue weighted by Gasteiger charge is -2.26. The molecule has 0 spiro atoms. The molecule has 7 heteroatoms. The maximum Gasteiger partial charge on any atom is 0.309 e. The number of hydrogen-bond acceptors (Lipinski definition) is 5. The van der Waals surface area contributed by atoms with Gasteiger partial charge in [0.1, 0.15) is 6.61 Å². The van der Waals surface area contributed by atoms with Crippen LogP contribution >= 0.6 is 0 Å². The molecule has 40 heavy (non-hydrogen) atoms. The van der Waals surface area contributed by atoms with Crippen LogP contribution in [0, 0.1) is 17.8 Å². The summed E-state index contributed by atoms with van der Waals surface area (Å²) in [5, 5.41) is 15.6. The van der Waals surface area contributed by atoms with Crippen LogP contribution in [0.4, 0.5) is 0 Å². The van der Waals surface area contributed by atoms with Crippen LogP contribution in [0.3, 0.4) is 0 Å². The minimum atomic E-state index is -0.642. The highest BCUT2D eigenvalue weighted by Crippen LogP contribution is 2.17. The number of nitrogens with one attached hydrogen (secondary N) is 2. The van der Waals surface area contributed by atoms with Crippen molar-refractivity contribution in [3.8, 4) is 0 Å². The number of aliphatic hydroxyl groups is 1. The Balaban J connectivity index is 1.96. The van der Waals surface area contributed by atoms with Gasteiger partial charge in [0.25, 0.3) is 0 Å². The average molecular weight is 549 g/mol. The minimum absolute atomic E-state index is 0.00780. The summed E-state index contributed by atoms with van der Waals surface area (Å²) in [5.74, 6) is -1.98. The van der Waals surface area contributed by atoms with Crippen LogP contribution < -0.4 is 10.6 Å². The molecule has 2 aromatic rings. The molecule has 0 saturated carbocycles. The molecular formula is C33H44N2O5. The molecular weight excluding hydrogens is 504 g/mol. The first-order valence-corrected chi connectivity index (χ1v) is 13.9. The van der Waals surface area contributed by atoms with Gasteiger partial charge in [-0.25, -0.2) is 0 Å². The average Bonchev–Trinajstić information content (AvgIpc) is 2.95. The number of carbonyl (C=O) groups is 3. The monoisotopic (exact) mass is 548 g/mol. The van der Waals surface area contributed by atoms with E-state index in [9.17, 15) is 19.5 Å². The Morgan fingerprint density at radius 2 is 1.40 bits per heavy atom. The minimum Gasteiger partial charge on any atom is -0.463 e. The molecule has 2 rings (SSSR count). The summed E-state index contributed by atoms with van der Waals surface area (Å²) >= 11 is 0. The molecule has 0 aliphatic heterocycles. The standard InChI is InChI=1S/C33H44N2O5/c1-5-13-27(21-31(37)34-29(22-36)20-26-17-11-8-12-18-26)32(38)35-30(24(3)4)23-40-33(39)28(14-6-2)19-25-15-9-7-10-16-25/h5-12,15-18,24,27-30,36H,1-2,13-14,19-23H2,3-4H3,(H,34,37)(H,35,38). The fourth-order valence-corrected chi connectivity index (χ4v) is 4.41. The second kappa shape index (κ2) is 17.8. The Morgan fingerprint density at radius 1 is 0.850 bits per heavy atom. The second-order valence-corrected chi connectivity index (χ2v) is 10.5. The third-order valence-electron chi connectivity index (χ3n) is 6.81. The van der Waals surface area contributed by atoms with Crippen molar-refractivity contribution in [2.45, 2.75) is 58.0 Å². The van der Waals surface area contributed by atoms with Crippen molar-refractivity contribution in [2.75, 3.05) is 13.2 Å². The molecule has 3 N–H and O–H groups in total. The van der Waals surface area contributed by atoms with Gasteiger partial charge in [-0.05, 0) is 42.7 Å². The molecule has 0 aliphatic rings. The number of carbonyl (C=O) groups excluding carboxylic acids is 3. The highest BCUT2D eigenvalue weighted by molar-refractivity contribution is 5.86. The largest absolute Gasteiger partial charge is 0.463 e. The number of aliphatic hydroxyl groups excluding tert-OH is 1. The summed E-state index contributed by atoms with van der Waals surface area (Å²) in [7, 11) is 0. The molecule has 0 aromatic heterocycles. The molecule has 7 nitrogen and oxygen atoms in total. The molecule has 0 aliphatic carbocycles. The van der Waals surface area contributed by atoms with Gasteiger partial charge >= 0.3 is 5.97 Å². The fraction of sp³-hybridized carbons (Fsp3) is 0.424. The van der Waals surface area contributed by atoms with Crippen LogP contribution in [-0.2, 0) is 32.0 Å². The van der Waals surface area contributed by atoms with Gasteiger partial charge in [-0.2, -0.15) is 0 Å². The van der Waals surface area contributed by atoms with E-state index in [1.54, 1.807) is 12.2 Å². The molecule has 216 valence electrons. The zero-order valence-electron chi connectivity index (χ0n) is 23.8. The molecule has 0 bridgehead atoms. The van der Waals surface area contributed by atoms with E-state index in [1.807, 2.05) is 74.5 Å². The van der Waals surface area contributed by atoms with Gasteiger partial charge in [0.05, 0.1) is 30.5 Å². The summed E-state index contributed by atoms with van der Waals surface area (Å²) in [6.07, 6.45) is 5.10. The first kappa shape index (κ1) is 32.5. The molecule has 4 unspecified atom stereocenters. The quantitative estimate of drug-likeness (QED) is 0.189. The highest BCUT2D eigenvalue weighted by atomic mass is 16.5. The van der Waals surface area contributed by atoms with Crippen LogP contribution in [0.15, 0.2) is 86.0 Å². The van der Waals surface area contributed by atoms with Crippen molar-refractivity contribution >= 4 is 17.8 Å². The van der Waals surface area contributed by atoms with Crippen molar-refractivity contribution < 1.29 is 24.2 Å². The number of amides is 2.